The summed E-state index contributed by atoms with van der Waals surface area (Å²) in [5, 5.41) is 2.28. The van der Waals surface area contributed by atoms with E-state index < -0.39 is 6.36 Å². The number of carbonyl (C=O) groups excluding carboxylic acids is 1. The third-order valence-corrected chi connectivity index (χ3v) is 8.77. The van der Waals surface area contributed by atoms with Crippen LogP contribution >= 0.6 is 0 Å². The Morgan fingerprint density at radius 2 is 1.78 bits per heavy atom. The van der Waals surface area contributed by atoms with Gasteiger partial charge in [-0.2, -0.15) is 0 Å². The minimum atomic E-state index is -4.73. The third kappa shape index (κ3) is 6.02. The topological polar surface area (TPSA) is 80.3 Å². The van der Waals surface area contributed by atoms with Crippen molar-refractivity contribution in [3.63, 3.8) is 0 Å². The van der Waals surface area contributed by atoms with Crippen molar-refractivity contribution in [1.29, 1.82) is 0 Å². The molecule has 1 aliphatic carbocycles. The number of nitrogens with one attached hydrogen (secondary N) is 1. The van der Waals surface area contributed by atoms with Gasteiger partial charge in [0.25, 0.3) is 0 Å². The minimum absolute atomic E-state index is 0.221. The molecule has 0 amide bonds. The van der Waals surface area contributed by atoms with Gasteiger partial charge < -0.3 is 19.3 Å². The molecule has 216 valence electrons. The molecule has 1 N–H and O–H groups in total. The van der Waals surface area contributed by atoms with Crippen LogP contribution < -0.4 is 9.47 Å². The number of aromatic nitrogens is 3. The Bertz CT molecular complexity index is 1480. The molecule has 1 aliphatic heterocycles. The van der Waals surface area contributed by atoms with Crippen molar-refractivity contribution in [2.24, 2.45) is 11.8 Å². The number of pyridine rings is 2. The van der Waals surface area contributed by atoms with E-state index >= 15 is 0 Å². The maximum atomic E-state index is 12.5. The Balaban J connectivity index is 1.16. The van der Waals surface area contributed by atoms with Gasteiger partial charge in [-0.1, -0.05) is 0 Å². The minimum Gasteiger partial charge on any atom is -0.493 e. The van der Waals surface area contributed by atoms with Gasteiger partial charge >= 0.3 is 6.36 Å². The lowest BCUT2D eigenvalue weighted by molar-refractivity contribution is -0.274. The van der Waals surface area contributed by atoms with Gasteiger partial charge in [-0.3, -0.25) is 4.90 Å². The van der Waals surface area contributed by atoms with Crippen LogP contribution in [0.3, 0.4) is 0 Å². The predicted molar refractivity (Wildman–Crippen MR) is 149 cm³/mol. The average Bonchev–Trinajstić information content (AvgIpc) is 3.46. The fraction of sp³-hybridized carbons (Fsp3) is 0.452. The smallest absolute Gasteiger partial charge is 0.493 e. The van der Waals surface area contributed by atoms with Crippen molar-refractivity contribution in [2.45, 2.75) is 56.8 Å². The number of likely N-dealkylation sites (tertiary alicyclic amines) is 1. The van der Waals surface area contributed by atoms with Gasteiger partial charge in [0.05, 0.1) is 24.9 Å². The van der Waals surface area contributed by atoms with Gasteiger partial charge in [-0.05, 0) is 98.9 Å². The van der Waals surface area contributed by atoms with Crippen LogP contribution in [0.25, 0.3) is 21.9 Å². The van der Waals surface area contributed by atoms with Gasteiger partial charge in [-0.25, -0.2) is 9.97 Å². The molecule has 1 saturated heterocycles. The Labute approximate surface area is 236 Å². The summed E-state index contributed by atoms with van der Waals surface area (Å²) >= 11 is 0. The number of rotatable bonds is 8. The predicted octanol–water partition coefficient (Wildman–Crippen LogP) is 6.64. The zero-order chi connectivity index (χ0) is 28.4. The number of aromatic amines is 1. The summed E-state index contributed by atoms with van der Waals surface area (Å²) in [5.74, 6) is 1.32. The molecule has 2 unspecified atom stereocenters. The first-order valence-corrected chi connectivity index (χ1v) is 14.3. The molecular weight excluding hydrogens is 533 g/mol. The highest BCUT2D eigenvalue weighted by Crippen LogP contribution is 2.44. The fourth-order valence-electron chi connectivity index (χ4n) is 7.09. The molecule has 7 nitrogen and oxygen atoms in total. The number of fused-ring (bicyclic) bond motifs is 3. The number of piperidine rings is 1. The number of aldehydes is 1. The summed E-state index contributed by atoms with van der Waals surface area (Å²) in [4.78, 5) is 26.1. The van der Waals surface area contributed by atoms with Crippen molar-refractivity contribution in [2.75, 3.05) is 19.7 Å². The van der Waals surface area contributed by atoms with E-state index in [1.165, 1.54) is 35.2 Å². The maximum Gasteiger partial charge on any atom is 0.573 e. The quantitative estimate of drug-likeness (QED) is 0.241. The van der Waals surface area contributed by atoms with Crippen LogP contribution in [0.2, 0.25) is 0 Å². The molecule has 3 aromatic heterocycles. The van der Waals surface area contributed by atoms with Crippen LogP contribution in [-0.4, -0.2) is 58.2 Å². The highest BCUT2D eigenvalue weighted by Gasteiger charge is 2.39. The number of carbonyl (C=O) groups is 1. The molecule has 4 heterocycles. The summed E-state index contributed by atoms with van der Waals surface area (Å²) in [7, 11) is 0. The molecule has 41 heavy (non-hydrogen) atoms. The van der Waals surface area contributed by atoms with Gasteiger partial charge in [0.15, 0.2) is 5.65 Å². The number of benzene rings is 1. The number of ether oxygens (including phenoxy) is 2. The summed E-state index contributed by atoms with van der Waals surface area (Å²) in [5.41, 5.74) is 3.12. The summed E-state index contributed by atoms with van der Waals surface area (Å²) in [6.07, 6.45) is 8.12. The normalized spacial score (nSPS) is 24.0. The van der Waals surface area contributed by atoms with Crippen molar-refractivity contribution < 1.29 is 27.4 Å². The van der Waals surface area contributed by atoms with Crippen LogP contribution in [0.5, 0.6) is 11.5 Å². The molecule has 2 fully saturated rings. The molecule has 2 aliphatic rings. The average molecular weight is 567 g/mol. The van der Waals surface area contributed by atoms with E-state index in [0.717, 1.165) is 67.9 Å². The summed E-state index contributed by atoms with van der Waals surface area (Å²) in [6.45, 7) is 1.74. The van der Waals surface area contributed by atoms with Crippen LogP contribution in [-0.2, 0) is 4.79 Å². The molecule has 10 heteroatoms. The SMILES string of the molecule is O=CCN1CCCC(COc2ccc(OC(F)(F)F)cc2)C1C1CCC(c2cc[nH]c3cnc4nccc4c23)CC1. The summed E-state index contributed by atoms with van der Waals surface area (Å²) in [6, 6.07) is 9.99. The number of alkyl halides is 3. The highest BCUT2D eigenvalue weighted by atomic mass is 19.4. The molecular formula is C31H33F3N4O3. The van der Waals surface area contributed by atoms with Crippen molar-refractivity contribution >= 4 is 28.2 Å². The lowest BCUT2D eigenvalue weighted by Gasteiger charge is -2.46. The Morgan fingerprint density at radius 1 is 1.00 bits per heavy atom. The molecule has 4 aromatic rings. The first-order valence-electron chi connectivity index (χ1n) is 14.3. The number of hydrogen-bond acceptors (Lipinski definition) is 6. The van der Waals surface area contributed by atoms with Crippen molar-refractivity contribution in [3.8, 4) is 11.5 Å². The Kier molecular flexibility index (Phi) is 7.84. The van der Waals surface area contributed by atoms with E-state index in [9.17, 15) is 18.0 Å². The van der Waals surface area contributed by atoms with Gasteiger partial charge in [0, 0.05) is 35.1 Å². The lowest BCUT2D eigenvalue weighted by atomic mass is 9.70. The Morgan fingerprint density at radius 3 is 2.54 bits per heavy atom. The van der Waals surface area contributed by atoms with Crippen LogP contribution in [0.15, 0.2) is 55.0 Å². The molecule has 1 saturated carbocycles. The molecule has 2 atom stereocenters. The van der Waals surface area contributed by atoms with Crippen LogP contribution in [0, 0.1) is 11.8 Å². The van der Waals surface area contributed by atoms with E-state index in [1.54, 1.807) is 0 Å². The maximum absolute atomic E-state index is 12.5. The molecule has 0 bridgehead atoms. The standard InChI is InChI=1S/C31H33F3N4O3/c32-31(33,34)41-24-9-7-23(8-10-24)40-19-22-2-1-15-38(16-17-39)29(22)21-5-3-20(4-6-21)25-11-13-35-27-18-37-30-26(28(25)27)12-14-36-30/h7-14,17-18,20-22,29,35H,1-6,15-16,19H2. The number of H-pyrrole nitrogens is 1. The number of hydrogen-bond donors (Lipinski definition) is 1. The first-order chi connectivity index (χ1) is 19.9. The van der Waals surface area contributed by atoms with E-state index in [1.807, 2.05) is 24.7 Å². The fourth-order valence-corrected chi connectivity index (χ4v) is 7.09. The van der Waals surface area contributed by atoms with E-state index in [4.69, 9.17) is 4.74 Å². The zero-order valence-corrected chi connectivity index (χ0v) is 22.6. The van der Waals surface area contributed by atoms with Gasteiger partial charge in [0.2, 0.25) is 0 Å². The third-order valence-electron chi connectivity index (χ3n) is 8.77. The Hall–Kier alpha value is -3.66. The molecule has 0 spiro atoms. The van der Waals surface area contributed by atoms with Crippen LogP contribution in [0.4, 0.5) is 13.2 Å². The molecule has 0 radical (unpaired) electrons. The largest absolute Gasteiger partial charge is 0.573 e. The van der Waals surface area contributed by atoms with E-state index in [0.29, 0.717) is 30.7 Å². The second-order valence-corrected chi connectivity index (χ2v) is 11.2. The first kappa shape index (κ1) is 27.5. The zero-order valence-electron chi connectivity index (χ0n) is 22.6. The second kappa shape index (κ2) is 11.7. The molecule has 1 aromatic carbocycles. The molecule has 6 rings (SSSR count). The summed E-state index contributed by atoms with van der Waals surface area (Å²) < 4.78 is 47.6. The number of nitrogens with zero attached hydrogens (tertiary/aromatic N) is 3. The van der Waals surface area contributed by atoms with Crippen LogP contribution in [0.1, 0.15) is 50.0 Å². The number of halogens is 3. The van der Waals surface area contributed by atoms with E-state index in [2.05, 4.69) is 30.7 Å². The highest BCUT2D eigenvalue weighted by molar-refractivity contribution is 6.05. The lowest BCUT2D eigenvalue weighted by Crippen LogP contribution is -2.52. The van der Waals surface area contributed by atoms with E-state index in [-0.39, 0.29) is 17.7 Å². The van der Waals surface area contributed by atoms with Crippen molar-refractivity contribution in [1.82, 2.24) is 19.9 Å². The van der Waals surface area contributed by atoms with Gasteiger partial charge in [-0.15, -0.1) is 13.2 Å². The van der Waals surface area contributed by atoms with Gasteiger partial charge in [0.1, 0.15) is 17.8 Å². The monoisotopic (exact) mass is 566 g/mol. The van der Waals surface area contributed by atoms with Crippen molar-refractivity contribution in [3.05, 3.63) is 60.6 Å². The second-order valence-electron chi connectivity index (χ2n) is 11.2.